The van der Waals surface area contributed by atoms with Crippen molar-refractivity contribution < 1.29 is 31.0 Å². The molecule has 0 aromatic rings. The van der Waals surface area contributed by atoms with Crippen LogP contribution in [-0.2, 0) is 9.84 Å². The maximum Gasteiger partial charge on any atom is 0.673 e. The van der Waals surface area contributed by atoms with Gasteiger partial charge in [0.05, 0.1) is 12.3 Å². The summed E-state index contributed by atoms with van der Waals surface area (Å²) >= 11 is 0. The van der Waals surface area contributed by atoms with Crippen molar-refractivity contribution in [3.8, 4) is 0 Å². The fraction of sp³-hybridized carbons (Fsp3) is 1.00. The Bertz CT molecular complexity index is 273. The number of quaternary nitrogens is 1. The Kier molecular flexibility index (Phi) is 5.57. The van der Waals surface area contributed by atoms with Crippen LogP contribution in [0.5, 0.6) is 0 Å². The molecule has 1 atom stereocenters. The van der Waals surface area contributed by atoms with Gasteiger partial charge in [-0.2, -0.15) is 0 Å². The standard InChI is InChI=1S/C6H13NO2S.BF4/c1-2-7-6-3-4-10(8,9)5-6;2-1(3,4)5/h6-7H,2-5H2,1H3;/q;-1/p+1. The SMILES string of the molecule is CC[NH2+]C1CCS(=O)(=O)C1.F[B-](F)(F)F. The lowest BCUT2D eigenvalue weighted by molar-refractivity contribution is -0.681. The van der Waals surface area contributed by atoms with Crippen molar-refractivity contribution in [2.75, 3.05) is 18.1 Å². The average molecular weight is 251 g/mol. The van der Waals surface area contributed by atoms with Gasteiger partial charge in [-0.1, -0.05) is 0 Å². The summed E-state index contributed by atoms with van der Waals surface area (Å²) in [6, 6.07) is 0.343. The Balaban J connectivity index is 0.000000336. The minimum absolute atomic E-state index is 0.343. The lowest BCUT2D eigenvalue weighted by atomic mass is 10.3. The van der Waals surface area contributed by atoms with Crippen LogP contribution in [0.15, 0.2) is 0 Å². The Labute approximate surface area is 86.3 Å². The molecule has 15 heavy (non-hydrogen) atoms. The predicted octanol–water partition coefficient (Wildman–Crippen LogP) is 0.0568. The van der Waals surface area contributed by atoms with Gasteiger partial charge in [0.2, 0.25) is 0 Å². The van der Waals surface area contributed by atoms with E-state index in [-0.39, 0.29) is 0 Å². The van der Waals surface area contributed by atoms with Gasteiger partial charge in [0, 0.05) is 6.42 Å². The van der Waals surface area contributed by atoms with E-state index < -0.39 is 17.1 Å². The first-order chi connectivity index (χ1) is 6.64. The molecule has 0 aliphatic carbocycles. The molecule has 1 unspecified atom stereocenters. The third kappa shape index (κ3) is 9.99. The van der Waals surface area contributed by atoms with E-state index in [0.717, 1.165) is 13.0 Å². The van der Waals surface area contributed by atoms with E-state index >= 15 is 0 Å². The molecule has 0 saturated carbocycles. The monoisotopic (exact) mass is 251 g/mol. The lowest BCUT2D eigenvalue weighted by Gasteiger charge is -2.02. The molecule has 0 bridgehead atoms. The average Bonchev–Trinajstić information content (AvgIpc) is 2.27. The van der Waals surface area contributed by atoms with Crippen LogP contribution in [0.2, 0.25) is 0 Å². The number of rotatable bonds is 2. The van der Waals surface area contributed by atoms with E-state index in [4.69, 9.17) is 0 Å². The molecule has 1 aliphatic rings. The van der Waals surface area contributed by atoms with Crippen LogP contribution < -0.4 is 5.32 Å². The highest BCUT2D eigenvalue weighted by Crippen LogP contribution is 2.07. The first-order valence-electron chi connectivity index (χ1n) is 4.55. The zero-order chi connectivity index (χ0) is 12.1. The molecule has 92 valence electrons. The summed E-state index contributed by atoms with van der Waals surface area (Å²) < 4.78 is 60.8. The molecular formula is C6H14BF4NO2S. The quantitative estimate of drug-likeness (QED) is 0.557. The van der Waals surface area contributed by atoms with Gasteiger partial charge in [0.1, 0.15) is 11.8 Å². The van der Waals surface area contributed by atoms with Crippen LogP contribution in [0, 0.1) is 0 Å². The fourth-order valence-corrected chi connectivity index (χ4v) is 3.13. The number of hydrogen-bond donors (Lipinski definition) is 1. The summed E-state index contributed by atoms with van der Waals surface area (Å²) in [6.07, 6.45) is 0.843. The zero-order valence-electron chi connectivity index (χ0n) is 8.30. The molecule has 0 aromatic heterocycles. The minimum atomic E-state index is -6.00. The Morgan fingerprint density at radius 3 is 2.07 bits per heavy atom. The first-order valence-corrected chi connectivity index (χ1v) is 6.37. The molecule has 1 heterocycles. The number of halogens is 4. The highest BCUT2D eigenvalue weighted by atomic mass is 32.2. The topological polar surface area (TPSA) is 50.8 Å². The van der Waals surface area contributed by atoms with Crippen molar-refractivity contribution in [1.82, 2.24) is 0 Å². The van der Waals surface area contributed by atoms with Gasteiger partial charge in [-0.05, 0) is 6.92 Å². The molecule has 1 rings (SSSR count). The second-order valence-electron chi connectivity index (χ2n) is 3.30. The molecular weight excluding hydrogens is 237 g/mol. The van der Waals surface area contributed by atoms with Crippen LogP contribution in [0.4, 0.5) is 17.3 Å². The van der Waals surface area contributed by atoms with Crippen molar-refractivity contribution in [2.24, 2.45) is 0 Å². The van der Waals surface area contributed by atoms with E-state index in [2.05, 4.69) is 5.32 Å². The molecule has 0 amide bonds. The summed E-state index contributed by atoms with van der Waals surface area (Å²) in [6.45, 7) is 3.03. The van der Waals surface area contributed by atoms with Crippen LogP contribution in [0.3, 0.4) is 0 Å². The minimum Gasteiger partial charge on any atom is -0.418 e. The molecule has 3 nitrogen and oxygen atoms in total. The normalized spacial score (nSPS) is 24.5. The van der Waals surface area contributed by atoms with E-state index in [1.165, 1.54) is 0 Å². The summed E-state index contributed by atoms with van der Waals surface area (Å²) in [5.74, 6) is 0.787. The van der Waals surface area contributed by atoms with Gasteiger partial charge in [-0.15, -0.1) is 0 Å². The van der Waals surface area contributed by atoms with Gasteiger partial charge in [-0.3, -0.25) is 0 Å². The summed E-state index contributed by atoms with van der Waals surface area (Å²) in [5, 5.41) is 2.10. The number of sulfone groups is 1. The van der Waals surface area contributed by atoms with Crippen molar-refractivity contribution in [3.63, 3.8) is 0 Å². The third-order valence-electron chi connectivity index (χ3n) is 1.84. The second kappa shape index (κ2) is 5.69. The van der Waals surface area contributed by atoms with E-state index in [1.807, 2.05) is 6.92 Å². The maximum atomic E-state index is 10.9. The number of hydrogen-bond acceptors (Lipinski definition) is 2. The fourth-order valence-electron chi connectivity index (χ4n) is 1.34. The number of nitrogens with two attached hydrogens (primary N) is 1. The van der Waals surface area contributed by atoms with Gasteiger partial charge in [0.15, 0.2) is 9.84 Å². The zero-order valence-corrected chi connectivity index (χ0v) is 9.11. The molecule has 0 radical (unpaired) electrons. The van der Waals surface area contributed by atoms with Crippen molar-refractivity contribution in [1.29, 1.82) is 0 Å². The smallest absolute Gasteiger partial charge is 0.418 e. The van der Waals surface area contributed by atoms with Gasteiger partial charge in [0.25, 0.3) is 0 Å². The molecule has 0 spiro atoms. The second-order valence-corrected chi connectivity index (χ2v) is 5.53. The van der Waals surface area contributed by atoms with E-state index in [9.17, 15) is 25.7 Å². The van der Waals surface area contributed by atoms with Crippen LogP contribution >= 0.6 is 0 Å². The van der Waals surface area contributed by atoms with Crippen LogP contribution in [-0.4, -0.2) is 39.8 Å². The van der Waals surface area contributed by atoms with Gasteiger partial charge in [-0.25, -0.2) is 8.42 Å². The van der Waals surface area contributed by atoms with Crippen molar-refractivity contribution >= 4 is 17.1 Å². The summed E-state index contributed by atoms with van der Waals surface area (Å²) in [4.78, 5) is 0. The Morgan fingerprint density at radius 2 is 1.80 bits per heavy atom. The van der Waals surface area contributed by atoms with Gasteiger partial charge < -0.3 is 22.6 Å². The first kappa shape index (κ1) is 14.7. The van der Waals surface area contributed by atoms with E-state index in [1.54, 1.807) is 0 Å². The molecule has 0 aromatic carbocycles. The molecule has 1 fully saturated rings. The maximum absolute atomic E-state index is 10.9. The van der Waals surface area contributed by atoms with Crippen molar-refractivity contribution in [3.05, 3.63) is 0 Å². The summed E-state index contributed by atoms with van der Waals surface area (Å²) in [7, 11) is -8.65. The highest BCUT2D eigenvalue weighted by molar-refractivity contribution is 7.91. The van der Waals surface area contributed by atoms with Crippen LogP contribution in [0.1, 0.15) is 13.3 Å². The Hall–Kier alpha value is -0.305. The molecule has 1 aliphatic heterocycles. The Morgan fingerprint density at radius 1 is 1.33 bits per heavy atom. The molecule has 9 heteroatoms. The molecule has 2 N–H and O–H groups in total. The predicted molar refractivity (Wildman–Crippen MR) is 49.7 cm³/mol. The van der Waals surface area contributed by atoms with Crippen molar-refractivity contribution in [2.45, 2.75) is 19.4 Å². The third-order valence-corrected chi connectivity index (χ3v) is 3.63. The highest BCUT2D eigenvalue weighted by Gasteiger charge is 2.29. The summed E-state index contributed by atoms with van der Waals surface area (Å²) in [5.41, 5.74) is 0. The lowest BCUT2D eigenvalue weighted by Crippen LogP contribution is -2.90. The largest absolute Gasteiger partial charge is 0.673 e. The van der Waals surface area contributed by atoms with Crippen LogP contribution in [0.25, 0.3) is 0 Å². The van der Waals surface area contributed by atoms with Gasteiger partial charge >= 0.3 is 7.25 Å². The molecule has 1 saturated heterocycles. The van der Waals surface area contributed by atoms with E-state index in [0.29, 0.717) is 17.5 Å².